The molecule has 7 nitrogen and oxygen atoms in total. The van der Waals surface area contributed by atoms with Gasteiger partial charge in [0, 0.05) is 43.2 Å². The van der Waals surface area contributed by atoms with E-state index in [4.69, 9.17) is 4.74 Å². The fourth-order valence-electron chi connectivity index (χ4n) is 2.57. The molecule has 0 unspecified atom stereocenters. The highest BCUT2D eigenvalue weighted by Gasteiger charge is 2.41. The van der Waals surface area contributed by atoms with Crippen LogP contribution in [-0.2, 0) is 9.53 Å². The number of nitrogens with one attached hydrogen (secondary N) is 2. The average molecular weight is 335 g/mol. The van der Waals surface area contributed by atoms with Crippen molar-refractivity contribution in [1.82, 2.24) is 15.3 Å². The van der Waals surface area contributed by atoms with E-state index >= 15 is 0 Å². The van der Waals surface area contributed by atoms with Gasteiger partial charge in [0.1, 0.15) is 11.2 Å². The molecular formula is C15H17N3O4S. The van der Waals surface area contributed by atoms with Gasteiger partial charge in [-0.05, 0) is 13.0 Å². The Labute approximate surface area is 136 Å². The van der Waals surface area contributed by atoms with E-state index in [0.29, 0.717) is 18.9 Å². The zero-order valence-corrected chi connectivity index (χ0v) is 13.4. The molecule has 1 amide bonds. The number of carbonyl (C=O) groups is 2. The topological polar surface area (TPSA) is 104 Å². The first-order valence-electron chi connectivity index (χ1n) is 7.25. The fraction of sp³-hybridized carbons (Fsp3) is 0.400. The van der Waals surface area contributed by atoms with Crippen molar-refractivity contribution < 1.29 is 19.4 Å². The maximum atomic E-state index is 12.4. The first-order valence-corrected chi connectivity index (χ1v) is 8.13. The van der Waals surface area contributed by atoms with Gasteiger partial charge in [-0.25, -0.2) is 9.78 Å². The summed E-state index contributed by atoms with van der Waals surface area (Å²) in [7, 11) is 0. The molecule has 0 spiro atoms. The zero-order valence-electron chi connectivity index (χ0n) is 12.6. The molecule has 23 heavy (non-hydrogen) atoms. The summed E-state index contributed by atoms with van der Waals surface area (Å²) < 4.78 is 5.20. The van der Waals surface area contributed by atoms with E-state index in [9.17, 15) is 14.7 Å². The van der Waals surface area contributed by atoms with Crippen LogP contribution in [0.2, 0.25) is 0 Å². The van der Waals surface area contributed by atoms with Crippen molar-refractivity contribution in [3.63, 3.8) is 0 Å². The summed E-state index contributed by atoms with van der Waals surface area (Å²) in [4.78, 5) is 31.2. The van der Waals surface area contributed by atoms with E-state index in [1.165, 1.54) is 11.3 Å². The summed E-state index contributed by atoms with van der Waals surface area (Å²) in [6.45, 7) is 2.55. The summed E-state index contributed by atoms with van der Waals surface area (Å²) in [6.07, 6.45) is 2.21. The summed E-state index contributed by atoms with van der Waals surface area (Å²) in [5.74, 6) is -1.47. The molecule has 1 fully saturated rings. The van der Waals surface area contributed by atoms with Crippen LogP contribution in [0.3, 0.4) is 0 Å². The minimum atomic E-state index is -1.27. The highest BCUT2D eigenvalue weighted by Crippen LogP contribution is 2.24. The number of carboxylic acid groups (broad SMARTS) is 1. The molecule has 0 saturated carbocycles. The van der Waals surface area contributed by atoms with E-state index in [1.54, 1.807) is 12.3 Å². The van der Waals surface area contributed by atoms with Crippen molar-refractivity contribution in [2.45, 2.75) is 25.3 Å². The van der Waals surface area contributed by atoms with E-state index in [2.05, 4.69) is 15.3 Å². The molecule has 3 heterocycles. The second-order valence-corrected chi connectivity index (χ2v) is 6.57. The molecule has 0 radical (unpaired) electrons. The Morgan fingerprint density at radius 1 is 1.43 bits per heavy atom. The molecule has 0 atom stereocenters. The first kappa shape index (κ1) is 15.7. The number of amides is 1. The van der Waals surface area contributed by atoms with Crippen LogP contribution in [-0.4, -0.2) is 45.7 Å². The number of carbonyl (C=O) groups excluding carboxylic acids is 1. The third-order valence-corrected chi connectivity index (χ3v) is 4.72. The van der Waals surface area contributed by atoms with Crippen LogP contribution in [0.5, 0.6) is 0 Å². The van der Waals surface area contributed by atoms with E-state index in [1.807, 2.05) is 12.3 Å². The number of aliphatic carboxylic acids is 1. The van der Waals surface area contributed by atoms with E-state index in [0.717, 1.165) is 16.3 Å². The third-order valence-electron chi connectivity index (χ3n) is 3.95. The van der Waals surface area contributed by atoms with Gasteiger partial charge in [-0.3, -0.25) is 4.79 Å². The molecule has 0 bridgehead atoms. The lowest BCUT2D eigenvalue weighted by Crippen LogP contribution is -2.57. The number of nitrogens with zero attached hydrogens (tertiary/aromatic N) is 1. The van der Waals surface area contributed by atoms with Crippen molar-refractivity contribution >= 4 is 23.2 Å². The summed E-state index contributed by atoms with van der Waals surface area (Å²) in [5.41, 5.74) is 0.646. The molecule has 1 aliphatic heterocycles. The molecule has 1 saturated heterocycles. The highest BCUT2D eigenvalue weighted by atomic mass is 32.1. The number of aryl methyl sites for hydroxylation is 1. The largest absolute Gasteiger partial charge is 0.480 e. The molecule has 8 heteroatoms. The molecule has 2 aromatic rings. The SMILES string of the molecule is Cc1nc(-c2c[nH]c(C(=O)NC3(C(=O)O)CCOCC3)c2)cs1. The number of thiazole rings is 1. The predicted molar refractivity (Wildman–Crippen MR) is 84.5 cm³/mol. The van der Waals surface area contributed by atoms with Crippen molar-refractivity contribution in [2.24, 2.45) is 0 Å². The molecule has 0 aromatic carbocycles. The average Bonchev–Trinajstić information content (AvgIpc) is 3.16. The molecule has 3 N–H and O–H groups in total. The van der Waals surface area contributed by atoms with Crippen molar-refractivity contribution in [3.05, 3.63) is 28.3 Å². The summed E-state index contributed by atoms with van der Waals surface area (Å²) in [6, 6.07) is 1.68. The second-order valence-electron chi connectivity index (χ2n) is 5.51. The first-order chi connectivity index (χ1) is 11.0. The van der Waals surface area contributed by atoms with Gasteiger partial charge in [0.15, 0.2) is 0 Å². The van der Waals surface area contributed by atoms with Crippen LogP contribution in [0.1, 0.15) is 28.3 Å². The Kier molecular flexibility index (Phi) is 4.18. The second kappa shape index (κ2) is 6.13. The van der Waals surface area contributed by atoms with Gasteiger partial charge in [-0.15, -0.1) is 11.3 Å². The lowest BCUT2D eigenvalue weighted by molar-refractivity contribution is -0.148. The summed E-state index contributed by atoms with van der Waals surface area (Å²) >= 11 is 1.53. The number of ether oxygens (including phenoxy) is 1. The Bertz CT molecular complexity index is 731. The highest BCUT2D eigenvalue weighted by molar-refractivity contribution is 7.09. The van der Waals surface area contributed by atoms with Gasteiger partial charge in [-0.2, -0.15) is 0 Å². The van der Waals surface area contributed by atoms with Crippen LogP contribution in [0, 0.1) is 6.92 Å². The number of hydrogen-bond acceptors (Lipinski definition) is 5. The maximum absolute atomic E-state index is 12.4. The van der Waals surface area contributed by atoms with Gasteiger partial charge < -0.3 is 20.1 Å². The standard InChI is InChI=1S/C15H17N3O4S/c1-9-17-12(8-23-9)10-6-11(16-7-10)13(19)18-15(14(20)21)2-4-22-5-3-15/h6-8,16H,2-5H2,1H3,(H,18,19)(H,20,21). The van der Waals surface area contributed by atoms with Crippen molar-refractivity contribution in [2.75, 3.05) is 13.2 Å². The number of rotatable bonds is 4. The van der Waals surface area contributed by atoms with Crippen molar-refractivity contribution in [3.8, 4) is 11.3 Å². The number of hydrogen-bond donors (Lipinski definition) is 3. The van der Waals surface area contributed by atoms with E-state index in [-0.39, 0.29) is 12.8 Å². The molecular weight excluding hydrogens is 318 g/mol. The number of carboxylic acids is 1. The normalized spacial score (nSPS) is 16.9. The van der Waals surface area contributed by atoms with Gasteiger partial charge >= 0.3 is 5.97 Å². The minimum absolute atomic E-state index is 0.257. The minimum Gasteiger partial charge on any atom is -0.480 e. The van der Waals surface area contributed by atoms with Crippen molar-refractivity contribution in [1.29, 1.82) is 0 Å². The Morgan fingerprint density at radius 2 is 2.17 bits per heavy atom. The van der Waals surface area contributed by atoms with Gasteiger partial charge in [0.05, 0.1) is 10.7 Å². The Balaban J connectivity index is 1.78. The smallest absolute Gasteiger partial charge is 0.329 e. The van der Waals surface area contributed by atoms with Gasteiger partial charge in [0.2, 0.25) is 0 Å². The van der Waals surface area contributed by atoms with Crippen LogP contribution in [0.25, 0.3) is 11.3 Å². The molecule has 3 rings (SSSR count). The van der Waals surface area contributed by atoms with Gasteiger partial charge in [-0.1, -0.05) is 0 Å². The lowest BCUT2D eigenvalue weighted by atomic mass is 9.90. The number of H-pyrrole nitrogens is 1. The predicted octanol–water partition coefficient (Wildman–Crippen LogP) is 1.81. The third kappa shape index (κ3) is 3.13. The fourth-order valence-corrected chi connectivity index (χ4v) is 3.19. The Morgan fingerprint density at radius 3 is 2.78 bits per heavy atom. The van der Waals surface area contributed by atoms with Crippen LogP contribution in [0.4, 0.5) is 0 Å². The van der Waals surface area contributed by atoms with E-state index < -0.39 is 17.4 Å². The van der Waals surface area contributed by atoms with Gasteiger partial charge in [0.25, 0.3) is 5.91 Å². The zero-order chi connectivity index (χ0) is 16.4. The molecule has 1 aliphatic rings. The lowest BCUT2D eigenvalue weighted by Gasteiger charge is -2.33. The summed E-state index contributed by atoms with van der Waals surface area (Å²) in [5, 5.41) is 15.0. The number of aromatic nitrogens is 2. The molecule has 122 valence electrons. The molecule has 2 aromatic heterocycles. The quantitative estimate of drug-likeness (QED) is 0.790. The number of aromatic amines is 1. The Hall–Kier alpha value is -2.19. The molecule has 0 aliphatic carbocycles. The van der Waals surface area contributed by atoms with Crippen LogP contribution >= 0.6 is 11.3 Å². The monoisotopic (exact) mass is 335 g/mol. The maximum Gasteiger partial charge on any atom is 0.329 e. The van der Waals surface area contributed by atoms with Crippen LogP contribution in [0.15, 0.2) is 17.6 Å². The van der Waals surface area contributed by atoms with Crippen LogP contribution < -0.4 is 5.32 Å².